The molecule has 1 N–H and O–H groups in total. The lowest BCUT2D eigenvalue weighted by Gasteiger charge is -2.32. The molecule has 20 heavy (non-hydrogen) atoms. The maximum atomic E-state index is 12.0. The van der Waals surface area contributed by atoms with Crippen molar-refractivity contribution >= 4 is 23.7 Å². The second-order valence-electron chi connectivity index (χ2n) is 5.55. The number of urea groups is 1. The first-order chi connectivity index (χ1) is 9.54. The Balaban J connectivity index is 1.76. The number of nitrogens with zero attached hydrogens (tertiary/aromatic N) is 1. The second-order valence-corrected chi connectivity index (χ2v) is 6.89. The summed E-state index contributed by atoms with van der Waals surface area (Å²) in [6, 6.07) is 8.08. The number of carbonyl (C=O) groups excluding carboxylic acids is 2. The molecule has 0 radical (unpaired) electrons. The third-order valence-electron chi connectivity index (χ3n) is 4.34. The first-order valence-corrected chi connectivity index (χ1v) is 7.80. The van der Waals surface area contributed by atoms with E-state index in [0.29, 0.717) is 18.2 Å². The van der Waals surface area contributed by atoms with Gasteiger partial charge >= 0.3 is 6.03 Å². The summed E-state index contributed by atoms with van der Waals surface area (Å²) in [5.74, 6) is -0.175. The monoisotopic (exact) mass is 290 g/mol. The SMILES string of the molecule is CCC1(C)C(=O)NC(=O)N1CC1Cc2ccccc2S1. The molecule has 0 spiro atoms. The number of benzene rings is 1. The number of fused-ring (bicyclic) bond motifs is 1. The molecule has 2 heterocycles. The maximum Gasteiger partial charge on any atom is 0.325 e. The van der Waals surface area contributed by atoms with E-state index in [4.69, 9.17) is 0 Å². The number of imide groups is 1. The molecule has 2 atom stereocenters. The van der Waals surface area contributed by atoms with E-state index in [1.54, 1.807) is 16.7 Å². The smallest absolute Gasteiger partial charge is 0.309 e. The predicted molar refractivity (Wildman–Crippen MR) is 78.7 cm³/mol. The minimum atomic E-state index is -0.702. The molecule has 106 valence electrons. The van der Waals surface area contributed by atoms with Gasteiger partial charge in [0.2, 0.25) is 0 Å². The fraction of sp³-hybridized carbons (Fsp3) is 0.467. The molecule has 1 fully saturated rings. The van der Waals surface area contributed by atoms with E-state index in [-0.39, 0.29) is 11.9 Å². The summed E-state index contributed by atoms with van der Waals surface area (Å²) < 4.78 is 0. The van der Waals surface area contributed by atoms with Crippen LogP contribution in [0.2, 0.25) is 0 Å². The van der Waals surface area contributed by atoms with Crippen molar-refractivity contribution in [1.82, 2.24) is 10.2 Å². The molecular formula is C15H18N2O2S. The minimum absolute atomic E-state index is 0.175. The number of hydrogen-bond acceptors (Lipinski definition) is 3. The summed E-state index contributed by atoms with van der Waals surface area (Å²) in [5, 5.41) is 2.77. The molecule has 2 aliphatic rings. The van der Waals surface area contributed by atoms with E-state index in [0.717, 1.165) is 6.42 Å². The topological polar surface area (TPSA) is 49.4 Å². The van der Waals surface area contributed by atoms with Crippen LogP contribution in [0.5, 0.6) is 0 Å². The summed E-state index contributed by atoms with van der Waals surface area (Å²) >= 11 is 1.80. The van der Waals surface area contributed by atoms with Crippen LogP contribution in [0, 0.1) is 0 Å². The summed E-state index contributed by atoms with van der Waals surface area (Å²) in [7, 11) is 0. The van der Waals surface area contributed by atoms with Gasteiger partial charge in [0, 0.05) is 16.7 Å². The normalized spacial score (nSPS) is 28.7. The molecular weight excluding hydrogens is 272 g/mol. The quantitative estimate of drug-likeness (QED) is 0.870. The van der Waals surface area contributed by atoms with Gasteiger partial charge in [-0.1, -0.05) is 25.1 Å². The van der Waals surface area contributed by atoms with Crippen molar-refractivity contribution in [1.29, 1.82) is 0 Å². The second kappa shape index (κ2) is 4.81. The number of carbonyl (C=O) groups is 2. The molecule has 0 aliphatic carbocycles. The molecule has 2 aliphatic heterocycles. The molecule has 1 aromatic rings. The summed E-state index contributed by atoms with van der Waals surface area (Å²) in [6.45, 7) is 4.41. The van der Waals surface area contributed by atoms with E-state index in [2.05, 4.69) is 17.4 Å². The van der Waals surface area contributed by atoms with Gasteiger partial charge in [-0.05, 0) is 31.4 Å². The van der Waals surface area contributed by atoms with Gasteiger partial charge in [-0.15, -0.1) is 11.8 Å². The van der Waals surface area contributed by atoms with Crippen LogP contribution < -0.4 is 5.32 Å². The largest absolute Gasteiger partial charge is 0.325 e. The Hall–Kier alpha value is -1.49. The lowest BCUT2D eigenvalue weighted by atomic mass is 9.97. The third-order valence-corrected chi connectivity index (χ3v) is 5.64. The zero-order chi connectivity index (χ0) is 14.3. The number of amides is 3. The van der Waals surface area contributed by atoms with Crippen molar-refractivity contribution in [3.8, 4) is 0 Å². The predicted octanol–water partition coefficient (Wildman–Crippen LogP) is 2.42. The minimum Gasteiger partial charge on any atom is -0.309 e. The van der Waals surface area contributed by atoms with Crippen LogP contribution in [0.25, 0.3) is 0 Å². The fourth-order valence-corrected chi connectivity index (χ4v) is 4.15. The first-order valence-electron chi connectivity index (χ1n) is 6.92. The lowest BCUT2D eigenvalue weighted by molar-refractivity contribution is -0.126. The Labute approximate surface area is 122 Å². The van der Waals surface area contributed by atoms with Crippen molar-refractivity contribution in [2.45, 2.75) is 42.4 Å². The summed E-state index contributed by atoms with van der Waals surface area (Å²) in [6.07, 6.45) is 1.59. The van der Waals surface area contributed by atoms with Gasteiger partial charge in [-0.3, -0.25) is 10.1 Å². The van der Waals surface area contributed by atoms with Gasteiger partial charge in [0.15, 0.2) is 0 Å². The van der Waals surface area contributed by atoms with Crippen LogP contribution in [-0.2, 0) is 11.2 Å². The number of thioether (sulfide) groups is 1. The summed E-state index contributed by atoms with van der Waals surface area (Å²) in [5.41, 5.74) is 0.638. The Morgan fingerprint density at radius 3 is 2.85 bits per heavy atom. The van der Waals surface area contributed by atoms with Gasteiger partial charge < -0.3 is 4.90 Å². The zero-order valence-electron chi connectivity index (χ0n) is 11.7. The molecule has 0 bridgehead atoms. The van der Waals surface area contributed by atoms with Gasteiger partial charge in [-0.25, -0.2) is 4.79 Å². The van der Waals surface area contributed by atoms with Crippen LogP contribution in [-0.4, -0.2) is 34.2 Å². The number of rotatable bonds is 3. The lowest BCUT2D eigenvalue weighted by Crippen LogP contribution is -2.48. The average molecular weight is 290 g/mol. The Kier molecular flexibility index (Phi) is 3.24. The van der Waals surface area contributed by atoms with E-state index in [9.17, 15) is 9.59 Å². The highest BCUT2D eigenvalue weighted by molar-refractivity contribution is 8.00. The molecule has 5 heteroatoms. The Morgan fingerprint density at radius 1 is 1.40 bits per heavy atom. The number of nitrogens with one attached hydrogen (secondary N) is 1. The van der Waals surface area contributed by atoms with E-state index in [1.807, 2.05) is 26.0 Å². The average Bonchev–Trinajstić information content (AvgIpc) is 2.93. The Morgan fingerprint density at radius 2 is 2.15 bits per heavy atom. The first kappa shape index (κ1) is 13.5. The molecule has 2 unspecified atom stereocenters. The maximum absolute atomic E-state index is 12.0. The molecule has 1 aromatic carbocycles. The van der Waals surface area contributed by atoms with Gasteiger partial charge in [0.05, 0.1) is 0 Å². The molecule has 4 nitrogen and oxygen atoms in total. The molecule has 0 saturated carbocycles. The zero-order valence-corrected chi connectivity index (χ0v) is 12.5. The van der Waals surface area contributed by atoms with Crippen molar-refractivity contribution < 1.29 is 9.59 Å². The highest BCUT2D eigenvalue weighted by Crippen LogP contribution is 2.38. The third kappa shape index (κ3) is 2.00. The van der Waals surface area contributed by atoms with E-state index in [1.165, 1.54) is 10.5 Å². The van der Waals surface area contributed by atoms with Crippen LogP contribution in [0.15, 0.2) is 29.2 Å². The molecule has 1 saturated heterocycles. The molecule has 3 amide bonds. The van der Waals surface area contributed by atoms with Crippen LogP contribution in [0.1, 0.15) is 25.8 Å². The van der Waals surface area contributed by atoms with Crippen LogP contribution >= 0.6 is 11.8 Å². The van der Waals surface area contributed by atoms with Crippen molar-refractivity contribution in [2.24, 2.45) is 0 Å². The highest BCUT2D eigenvalue weighted by atomic mass is 32.2. The van der Waals surface area contributed by atoms with Crippen molar-refractivity contribution in [3.63, 3.8) is 0 Å². The number of hydrogen-bond donors (Lipinski definition) is 1. The van der Waals surface area contributed by atoms with Gasteiger partial charge in [0.1, 0.15) is 5.54 Å². The van der Waals surface area contributed by atoms with Crippen molar-refractivity contribution in [3.05, 3.63) is 29.8 Å². The Bertz CT molecular complexity index is 550. The standard InChI is InChI=1S/C15H18N2O2S/c1-3-15(2)13(18)16-14(19)17(15)9-11-8-10-6-4-5-7-12(10)20-11/h4-7,11H,3,8-9H2,1-2H3,(H,16,18,19). The van der Waals surface area contributed by atoms with Gasteiger partial charge in [-0.2, -0.15) is 0 Å². The fourth-order valence-electron chi connectivity index (χ4n) is 2.84. The molecule has 0 aromatic heterocycles. The van der Waals surface area contributed by atoms with Gasteiger partial charge in [0.25, 0.3) is 5.91 Å². The van der Waals surface area contributed by atoms with Crippen molar-refractivity contribution in [2.75, 3.05) is 6.54 Å². The molecule has 3 rings (SSSR count). The van der Waals surface area contributed by atoms with E-state index >= 15 is 0 Å². The highest BCUT2D eigenvalue weighted by Gasteiger charge is 2.48. The van der Waals surface area contributed by atoms with E-state index < -0.39 is 5.54 Å². The van der Waals surface area contributed by atoms with Crippen LogP contribution in [0.4, 0.5) is 4.79 Å². The van der Waals surface area contributed by atoms with Crippen LogP contribution in [0.3, 0.4) is 0 Å². The summed E-state index contributed by atoms with van der Waals surface area (Å²) in [4.78, 5) is 27.0.